The molecule has 12 heavy (non-hydrogen) atoms. The van der Waals surface area contributed by atoms with Gasteiger partial charge in [-0.3, -0.25) is 0 Å². The summed E-state index contributed by atoms with van der Waals surface area (Å²) in [6.07, 6.45) is -2.56. The van der Waals surface area contributed by atoms with Crippen LogP contribution in [0.4, 0.5) is 0 Å². The van der Waals surface area contributed by atoms with Crippen molar-refractivity contribution in [3.05, 3.63) is 0 Å². The number of aliphatic carboxylic acids is 2. The maximum absolute atomic E-state index is 9.74. The molecule has 0 unspecified atom stereocenters. The van der Waals surface area contributed by atoms with Crippen LogP contribution in [0.2, 0.25) is 0 Å². The average molecular weight is 192 g/mol. The van der Waals surface area contributed by atoms with E-state index in [0.29, 0.717) is 0 Å². The van der Waals surface area contributed by atoms with Crippen LogP contribution in [0.25, 0.3) is 0 Å². The van der Waals surface area contributed by atoms with Crippen molar-refractivity contribution in [1.82, 2.24) is 0 Å². The summed E-state index contributed by atoms with van der Waals surface area (Å²) in [6, 6.07) is 0. The van der Waals surface area contributed by atoms with Gasteiger partial charge >= 0.3 is 59.1 Å². The number of hydrogen-bond acceptors (Lipinski definition) is 5. The van der Waals surface area contributed by atoms with Crippen molar-refractivity contribution in [3.63, 3.8) is 0 Å². The Kier molecular flexibility index (Phi) is 15.5. The number of carbonyl (C=O) groups excluding carboxylic acids is 2. The number of hydrogen-bond donors (Lipinski definition) is 1. The molecule has 58 valence electrons. The van der Waals surface area contributed by atoms with Gasteiger partial charge in [0.1, 0.15) is 0 Å². The number of aliphatic hydroxyl groups excluding tert-OH is 1. The summed E-state index contributed by atoms with van der Waals surface area (Å²) in [5, 5.41) is 27.9. The fraction of sp³-hybridized carbons (Fsp3) is 0.600. The number of aliphatic hydroxyl groups is 1. The summed E-state index contributed by atoms with van der Waals surface area (Å²) in [6.45, 7) is 0. The summed E-state index contributed by atoms with van der Waals surface area (Å²) in [5.74, 6) is -3.05. The molecule has 0 aromatic rings. The first kappa shape index (κ1) is 18.6. The fourth-order valence-corrected chi connectivity index (χ4v) is 0.372. The van der Waals surface area contributed by atoms with E-state index in [0.717, 1.165) is 0 Å². The van der Waals surface area contributed by atoms with Crippen molar-refractivity contribution in [2.45, 2.75) is 18.9 Å². The second-order valence-electron chi connectivity index (χ2n) is 1.75. The zero-order valence-corrected chi connectivity index (χ0v) is 11.1. The van der Waals surface area contributed by atoms with Gasteiger partial charge in [-0.15, -0.1) is 0 Å². The Bertz CT molecular complexity index is 149. The maximum atomic E-state index is 9.74. The molecule has 0 amide bonds. The molecular formula is C5H6Na2O5. The molecule has 0 aromatic carbocycles. The van der Waals surface area contributed by atoms with E-state index < -0.39 is 24.5 Å². The van der Waals surface area contributed by atoms with Crippen molar-refractivity contribution >= 4 is 11.9 Å². The number of carboxylic acid groups (broad SMARTS) is 2. The van der Waals surface area contributed by atoms with Crippen molar-refractivity contribution in [1.29, 1.82) is 0 Å². The molecular weight excluding hydrogens is 186 g/mol. The van der Waals surface area contributed by atoms with E-state index in [-0.39, 0.29) is 65.5 Å². The van der Waals surface area contributed by atoms with E-state index in [1.165, 1.54) is 0 Å². The Morgan fingerprint density at radius 2 is 1.67 bits per heavy atom. The first-order valence-electron chi connectivity index (χ1n) is 2.63. The summed E-state index contributed by atoms with van der Waals surface area (Å²) in [5.41, 5.74) is 0. The van der Waals surface area contributed by atoms with Crippen LogP contribution >= 0.6 is 0 Å². The molecule has 0 aliphatic rings. The minimum absolute atomic E-state index is 0. The third-order valence-electron chi connectivity index (χ3n) is 0.894. The molecule has 1 atom stereocenters. The molecule has 0 heterocycles. The number of carboxylic acids is 2. The van der Waals surface area contributed by atoms with Gasteiger partial charge in [-0.2, -0.15) is 0 Å². The van der Waals surface area contributed by atoms with E-state index in [1.54, 1.807) is 0 Å². The van der Waals surface area contributed by atoms with Crippen molar-refractivity contribution in [2.75, 3.05) is 0 Å². The second-order valence-corrected chi connectivity index (χ2v) is 1.75. The smallest absolute Gasteiger partial charge is 0.550 e. The number of rotatable bonds is 4. The van der Waals surface area contributed by atoms with E-state index in [9.17, 15) is 19.8 Å². The minimum Gasteiger partial charge on any atom is -0.550 e. The van der Waals surface area contributed by atoms with Crippen molar-refractivity contribution in [2.24, 2.45) is 0 Å². The Morgan fingerprint density at radius 3 is 1.92 bits per heavy atom. The quantitative estimate of drug-likeness (QED) is 0.446. The predicted octanol–water partition coefficient (Wildman–Crippen LogP) is -9.36. The van der Waals surface area contributed by atoms with Gasteiger partial charge in [-0.1, -0.05) is 0 Å². The van der Waals surface area contributed by atoms with Gasteiger partial charge in [0.2, 0.25) is 0 Å². The Labute approximate surface area is 114 Å². The maximum Gasteiger partial charge on any atom is 1.00 e. The largest absolute Gasteiger partial charge is 1.00 e. The topological polar surface area (TPSA) is 100 Å². The Hall–Kier alpha value is 0.900. The molecule has 0 aliphatic carbocycles. The molecule has 7 heteroatoms. The molecule has 0 rings (SSSR count). The van der Waals surface area contributed by atoms with Crippen LogP contribution in [-0.4, -0.2) is 23.1 Å². The van der Waals surface area contributed by atoms with Gasteiger partial charge in [0.25, 0.3) is 0 Å². The first-order valence-corrected chi connectivity index (χ1v) is 2.63. The third kappa shape index (κ3) is 10.9. The summed E-state index contributed by atoms with van der Waals surface area (Å²) in [4.78, 5) is 19.4. The monoisotopic (exact) mass is 192 g/mol. The molecule has 0 bridgehead atoms. The summed E-state index contributed by atoms with van der Waals surface area (Å²) < 4.78 is 0. The fourth-order valence-electron chi connectivity index (χ4n) is 0.372. The van der Waals surface area contributed by atoms with Gasteiger partial charge in [0, 0.05) is 5.97 Å². The van der Waals surface area contributed by atoms with Gasteiger partial charge in [-0.05, 0) is 12.8 Å². The van der Waals surface area contributed by atoms with Crippen molar-refractivity contribution < 1.29 is 84.0 Å². The zero-order valence-electron chi connectivity index (χ0n) is 7.07. The van der Waals surface area contributed by atoms with Gasteiger partial charge in [0.15, 0.2) is 0 Å². The van der Waals surface area contributed by atoms with Gasteiger partial charge in [-0.25, -0.2) is 0 Å². The molecule has 0 aromatic heterocycles. The van der Waals surface area contributed by atoms with Crippen LogP contribution in [0.1, 0.15) is 12.8 Å². The van der Waals surface area contributed by atoms with Crippen LogP contribution in [0, 0.1) is 0 Å². The molecule has 5 nitrogen and oxygen atoms in total. The molecule has 0 saturated heterocycles. The van der Waals surface area contributed by atoms with E-state index in [2.05, 4.69) is 0 Å². The summed E-state index contributed by atoms with van der Waals surface area (Å²) in [7, 11) is 0. The van der Waals surface area contributed by atoms with E-state index in [1.807, 2.05) is 0 Å². The van der Waals surface area contributed by atoms with E-state index in [4.69, 9.17) is 5.11 Å². The minimum atomic E-state index is -1.71. The molecule has 0 spiro atoms. The average Bonchev–Trinajstić information content (AvgIpc) is 1.82. The normalized spacial score (nSPS) is 10.4. The van der Waals surface area contributed by atoms with E-state index >= 15 is 0 Å². The third-order valence-corrected chi connectivity index (χ3v) is 0.894. The summed E-state index contributed by atoms with van der Waals surface area (Å²) >= 11 is 0. The predicted molar refractivity (Wildman–Crippen MR) is 25.3 cm³/mol. The molecule has 0 fully saturated rings. The van der Waals surface area contributed by atoms with Gasteiger partial charge < -0.3 is 24.9 Å². The number of carbonyl (C=O) groups is 2. The molecule has 0 aliphatic heterocycles. The van der Waals surface area contributed by atoms with Crippen LogP contribution < -0.4 is 69.3 Å². The molecule has 0 saturated carbocycles. The zero-order chi connectivity index (χ0) is 8.15. The Balaban J connectivity index is -0.000000405. The molecule has 1 N–H and O–H groups in total. The Morgan fingerprint density at radius 1 is 1.25 bits per heavy atom. The van der Waals surface area contributed by atoms with Crippen LogP contribution in [-0.2, 0) is 9.59 Å². The van der Waals surface area contributed by atoms with Crippen molar-refractivity contribution in [3.8, 4) is 0 Å². The SMILES string of the molecule is O=C([O-])CC[C@H](O)C(=O)[O-].[Na+].[Na+]. The molecule has 0 radical (unpaired) electrons. The second kappa shape index (κ2) is 9.98. The first-order chi connectivity index (χ1) is 4.54. The van der Waals surface area contributed by atoms with Crippen LogP contribution in [0.15, 0.2) is 0 Å². The van der Waals surface area contributed by atoms with Crippen LogP contribution in [0.5, 0.6) is 0 Å². The van der Waals surface area contributed by atoms with Crippen LogP contribution in [0.3, 0.4) is 0 Å². The van der Waals surface area contributed by atoms with Gasteiger partial charge in [0.05, 0.1) is 12.1 Å². The standard InChI is InChI=1S/C5H8O5.2Na/c6-3(5(9)10)1-2-4(7)8;;/h3,6H,1-2H2,(H,7,8)(H,9,10);;/q;2*+1/p-2/t3-;;/m0../s1.